The summed E-state index contributed by atoms with van der Waals surface area (Å²) >= 11 is 0. The normalized spacial score (nSPS) is 11.4. The van der Waals surface area contributed by atoms with Crippen LogP contribution in [-0.2, 0) is 0 Å². The summed E-state index contributed by atoms with van der Waals surface area (Å²) in [5, 5.41) is 4.53. The quantitative estimate of drug-likeness (QED) is 0.197. The summed E-state index contributed by atoms with van der Waals surface area (Å²) in [7, 11) is 0. The number of hydrogen-bond donors (Lipinski definition) is 0. The highest BCUT2D eigenvalue weighted by atomic mass is 16.3. The van der Waals surface area contributed by atoms with Crippen LogP contribution in [0.2, 0.25) is 0 Å². The topological polar surface area (TPSA) is 51.8 Å². The van der Waals surface area contributed by atoms with E-state index in [-0.39, 0.29) is 0 Å². The molecular weight excluding hydrogens is 574 g/mol. The molecule has 0 aliphatic carbocycles. The number of para-hydroxylation sites is 2. The maximum atomic E-state index is 6.38. The smallest absolute Gasteiger partial charge is 0.167 e. The third-order valence-electron chi connectivity index (χ3n) is 8.73. The molecule has 0 aliphatic heterocycles. The van der Waals surface area contributed by atoms with Crippen LogP contribution in [0.15, 0.2) is 168 Å². The summed E-state index contributed by atoms with van der Waals surface area (Å²) in [6.07, 6.45) is 0. The molecule has 0 radical (unpaired) electrons. The van der Waals surface area contributed by atoms with Crippen LogP contribution in [0.5, 0.6) is 0 Å². The molecule has 0 bridgehead atoms. The minimum absolute atomic E-state index is 0.571. The number of rotatable bonds is 5. The molecule has 7 aromatic carbocycles. The lowest BCUT2D eigenvalue weighted by Gasteiger charge is -2.11. The summed E-state index contributed by atoms with van der Waals surface area (Å²) in [5.41, 5.74) is 8.92. The lowest BCUT2D eigenvalue weighted by molar-refractivity contribution is 0.669. The van der Waals surface area contributed by atoms with Crippen molar-refractivity contribution in [1.82, 2.24) is 15.0 Å². The number of benzene rings is 7. The van der Waals surface area contributed by atoms with Gasteiger partial charge in [-0.05, 0) is 57.3 Å². The number of fused-ring (bicyclic) bond motifs is 4. The van der Waals surface area contributed by atoms with E-state index in [1.54, 1.807) is 0 Å². The molecule has 2 aromatic heterocycles. The van der Waals surface area contributed by atoms with Gasteiger partial charge in [0.25, 0.3) is 0 Å². The van der Waals surface area contributed by atoms with Gasteiger partial charge < -0.3 is 4.42 Å². The van der Waals surface area contributed by atoms with Gasteiger partial charge in [0.15, 0.2) is 17.5 Å². The van der Waals surface area contributed by atoms with Crippen LogP contribution in [0.3, 0.4) is 0 Å². The highest BCUT2D eigenvalue weighted by molar-refractivity contribution is 6.09. The Morgan fingerprint density at radius 1 is 0.340 bits per heavy atom. The molecule has 9 rings (SSSR count). The largest absolute Gasteiger partial charge is 0.455 e. The summed E-state index contributed by atoms with van der Waals surface area (Å²) < 4.78 is 6.38. The van der Waals surface area contributed by atoms with Crippen molar-refractivity contribution in [2.24, 2.45) is 0 Å². The minimum Gasteiger partial charge on any atom is -0.455 e. The summed E-state index contributed by atoms with van der Waals surface area (Å²) in [5.74, 6) is 1.79. The van der Waals surface area contributed by atoms with Gasteiger partial charge in [0.05, 0.1) is 5.56 Å². The maximum absolute atomic E-state index is 6.38. The molecule has 0 fully saturated rings. The van der Waals surface area contributed by atoms with E-state index in [9.17, 15) is 0 Å². The van der Waals surface area contributed by atoms with E-state index in [0.717, 1.165) is 49.8 Å². The Labute approximate surface area is 271 Å². The van der Waals surface area contributed by atoms with Gasteiger partial charge >= 0.3 is 0 Å². The second kappa shape index (κ2) is 11.2. The fraction of sp³-hybridized carbons (Fsp3) is 0. The van der Waals surface area contributed by atoms with E-state index < -0.39 is 0 Å². The molecule has 0 spiro atoms. The fourth-order valence-electron chi connectivity index (χ4n) is 6.42. The first-order valence-corrected chi connectivity index (χ1v) is 15.7. The Bertz CT molecular complexity index is 2570. The average Bonchev–Trinajstić information content (AvgIpc) is 3.54. The Balaban J connectivity index is 1.20. The molecule has 4 heteroatoms. The second-order valence-corrected chi connectivity index (χ2v) is 11.6. The van der Waals surface area contributed by atoms with E-state index >= 15 is 0 Å². The van der Waals surface area contributed by atoms with Crippen molar-refractivity contribution >= 4 is 32.7 Å². The molecule has 0 saturated carbocycles. The van der Waals surface area contributed by atoms with E-state index in [0.29, 0.717) is 17.5 Å². The van der Waals surface area contributed by atoms with Crippen molar-refractivity contribution in [2.75, 3.05) is 0 Å². The van der Waals surface area contributed by atoms with Crippen LogP contribution in [0, 0.1) is 0 Å². The van der Waals surface area contributed by atoms with Crippen LogP contribution in [0.4, 0.5) is 0 Å². The van der Waals surface area contributed by atoms with E-state index in [4.69, 9.17) is 19.4 Å². The first-order chi connectivity index (χ1) is 23.3. The van der Waals surface area contributed by atoms with Crippen LogP contribution >= 0.6 is 0 Å². The zero-order chi connectivity index (χ0) is 31.2. The highest BCUT2D eigenvalue weighted by Crippen LogP contribution is 2.37. The van der Waals surface area contributed by atoms with Crippen molar-refractivity contribution in [3.05, 3.63) is 164 Å². The van der Waals surface area contributed by atoms with Gasteiger partial charge in [-0.3, -0.25) is 0 Å². The first-order valence-electron chi connectivity index (χ1n) is 15.7. The van der Waals surface area contributed by atoms with Crippen LogP contribution in [0.25, 0.3) is 89.1 Å². The molecule has 0 unspecified atom stereocenters. The third kappa shape index (κ3) is 4.84. The van der Waals surface area contributed by atoms with Gasteiger partial charge in [-0.15, -0.1) is 0 Å². The lowest BCUT2D eigenvalue weighted by Crippen LogP contribution is -2.00. The molecule has 0 atom stereocenters. The third-order valence-corrected chi connectivity index (χ3v) is 8.73. The molecular formula is C43H27N3O. The molecule has 2 heterocycles. The Hall–Kier alpha value is -6.39. The van der Waals surface area contributed by atoms with Crippen molar-refractivity contribution in [2.45, 2.75) is 0 Å². The van der Waals surface area contributed by atoms with Gasteiger partial charge in [0, 0.05) is 21.9 Å². The first kappa shape index (κ1) is 27.0. The predicted molar refractivity (Wildman–Crippen MR) is 192 cm³/mol. The highest BCUT2D eigenvalue weighted by Gasteiger charge is 2.18. The summed E-state index contributed by atoms with van der Waals surface area (Å²) in [6, 6.07) is 56.5. The van der Waals surface area contributed by atoms with Crippen LogP contribution in [-0.4, -0.2) is 15.0 Å². The molecule has 0 aliphatic rings. The Morgan fingerprint density at radius 3 is 1.79 bits per heavy atom. The SMILES string of the molecule is c1ccc(-c2nc(-c3cccc(-c4ccc5cccc(-c6ccccc6)c5c4)c3)nc(-c3cccc4c3oc3ccccc34)n2)cc1. The van der Waals surface area contributed by atoms with Crippen LogP contribution < -0.4 is 0 Å². The standard InChI is InChI=1S/C43H27N3O/c1-3-12-28(13-4-1)34-20-10-16-29-24-25-32(27-38(29)34)31-17-9-18-33(26-31)42-44-41(30-14-5-2-6-15-30)45-43(46-42)37-22-11-21-36-35-19-7-8-23-39(35)47-40(36)37/h1-27H. The van der Waals surface area contributed by atoms with Gasteiger partial charge in [-0.1, -0.05) is 140 Å². The van der Waals surface area contributed by atoms with Gasteiger partial charge in [0.2, 0.25) is 0 Å². The summed E-state index contributed by atoms with van der Waals surface area (Å²) in [4.78, 5) is 15.1. The number of aromatic nitrogens is 3. The fourth-order valence-corrected chi connectivity index (χ4v) is 6.42. The van der Waals surface area contributed by atoms with Crippen molar-refractivity contribution in [3.8, 4) is 56.4 Å². The maximum Gasteiger partial charge on any atom is 0.167 e. The van der Waals surface area contributed by atoms with Crippen molar-refractivity contribution in [1.29, 1.82) is 0 Å². The molecule has 220 valence electrons. The number of furan rings is 1. The predicted octanol–water partition coefficient (Wildman–Crippen LogP) is 11.3. The van der Waals surface area contributed by atoms with Crippen molar-refractivity contribution in [3.63, 3.8) is 0 Å². The zero-order valence-electron chi connectivity index (χ0n) is 25.3. The van der Waals surface area contributed by atoms with Gasteiger partial charge in [-0.2, -0.15) is 0 Å². The van der Waals surface area contributed by atoms with Gasteiger partial charge in [0.1, 0.15) is 11.2 Å². The average molecular weight is 602 g/mol. The molecule has 0 N–H and O–H groups in total. The lowest BCUT2D eigenvalue weighted by atomic mass is 9.94. The monoisotopic (exact) mass is 601 g/mol. The molecule has 9 aromatic rings. The van der Waals surface area contributed by atoms with E-state index in [2.05, 4.69) is 103 Å². The second-order valence-electron chi connectivity index (χ2n) is 11.6. The van der Waals surface area contributed by atoms with E-state index in [1.165, 1.54) is 21.9 Å². The molecule has 47 heavy (non-hydrogen) atoms. The molecule has 4 nitrogen and oxygen atoms in total. The van der Waals surface area contributed by atoms with Gasteiger partial charge in [-0.25, -0.2) is 15.0 Å². The minimum atomic E-state index is 0.571. The van der Waals surface area contributed by atoms with E-state index in [1.807, 2.05) is 60.7 Å². The zero-order valence-corrected chi connectivity index (χ0v) is 25.3. The van der Waals surface area contributed by atoms with Crippen LogP contribution in [0.1, 0.15) is 0 Å². The molecule has 0 saturated heterocycles. The number of hydrogen-bond acceptors (Lipinski definition) is 4. The Morgan fingerprint density at radius 2 is 0.936 bits per heavy atom. The summed E-state index contributed by atoms with van der Waals surface area (Å²) in [6.45, 7) is 0. The number of nitrogens with zero attached hydrogens (tertiary/aromatic N) is 3. The Kier molecular flexibility index (Phi) is 6.43. The van der Waals surface area contributed by atoms with Crippen molar-refractivity contribution < 1.29 is 4.42 Å². The molecule has 0 amide bonds.